The van der Waals surface area contributed by atoms with E-state index >= 15 is 13.2 Å². The van der Waals surface area contributed by atoms with Gasteiger partial charge in [-0.2, -0.15) is 14.4 Å². The van der Waals surface area contributed by atoms with Gasteiger partial charge in [-0.25, -0.2) is 13.6 Å². The second-order valence-corrected chi connectivity index (χ2v) is 20.9. The second kappa shape index (κ2) is 13.9. The lowest BCUT2D eigenvalue weighted by Crippen LogP contribution is -2.45. The Labute approximate surface area is 294 Å². The number of fused-ring (bicyclic) bond motifs is 2. The average Bonchev–Trinajstić information content (AvgIpc) is 3.41. The molecule has 2 aromatic heterocycles. The Kier molecular flexibility index (Phi) is 10.3. The van der Waals surface area contributed by atoms with Crippen LogP contribution in [0.25, 0.3) is 32.9 Å². The van der Waals surface area contributed by atoms with Gasteiger partial charge in [0.25, 0.3) is 0 Å². The van der Waals surface area contributed by atoms with Crippen molar-refractivity contribution in [3.05, 3.63) is 59.8 Å². The van der Waals surface area contributed by atoms with Crippen molar-refractivity contribution in [1.29, 1.82) is 0 Å². The number of likely N-dealkylation sites (tertiary alicyclic amines) is 1. The van der Waals surface area contributed by atoms with Crippen molar-refractivity contribution < 1.29 is 22.7 Å². The number of hydrogen-bond donors (Lipinski definition) is 0. The van der Waals surface area contributed by atoms with Crippen molar-refractivity contribution in [3.63, 3.8) is 0 Å². The molecule has 2 atom stereocenters. The van der Waals surface area contributed by atoms with E-state index in [1.807, 2.05) is 33.8 Å². The Balaban J connectivity index is 1.63. The number of halogens is 3. The monoisotopic (exact) mass is 703 g/mol. The van der Waals surface area contributed by atoms with Crippen LogP contribution in [0.3, 0.4) is 0 Å². The summed E-state index contributed by atoms with van der Waals surface area (Å²) in [7, 11) is -0.499. The molecule has 7 nitrogen and oxygen atoms in total. The van der Waals surface area contributed by atoms with Crippen LogP contribution in [0.4, 0.5) is 23.8 Å². The normalized spacial score (nSPS) is 16.9. The van der Waals surface area contributed by atoms with Gasteiger partial charge in [0, 0.05) is 30.7 Å². The zero-order valence-corrected chi connectivity index (χ0v) is 32.0. The lowest BCUT2D eigenvalue weighted by molar-refractivity contribution is 0.0233. The van der Waals surface area contributed by atoms with E-state index in [9.17, 15) is 4.79 Å². The summed E-state index contributed by atoms with van der Waals surface area (Å²) < 4.78 is 53.2. The number of anilines is 1. The van der Waals surface area contributed by atoms with Crippen LogP contribution in [0.2, 0.25) is 16.6 Å². The molecule has 4 aromatic rings. The highest BCUT2D eigenvalue weighted by atomic mass is 28.3. The van der Waals surface area contributed by atoms with Crippen molar-refractivity contribution in [3.8, 4) is 22.7 Å². The SMILES string of the molecule is CC(C)[Si](C#Cc1c(F)ccc2cccc(-c3ncc4c(N(C)[C@@H]5CCN(C(=O)OC(C)(C)C)[C@@H]5C)nc(F)nc4c3F)c12)(C(C)C)C(C)C. The highest BCUT2D eigenvalue weighted by molar-refractivity contribution is 6.90. The lowest BCUT2D eigenvalue weighted by Gasteiger charge is -2.38. The first kappa shape index (κ1) is 37.1. The number of pyridine rings is 1. The Bertz CT molecular complexity index is 1980. The van der Waals surface area contributed by atoms with E-state index in [0.29, 0.717) is 45.9 Å². The van der Waals surface area contributed by atoms with Crippen molar-refractivity contribution in [1.82, 2.24) is 19.9 Å². The number of amides is 1. The van der Waals surface area contributed by atoms with Crippen molar-refractivity contribution in [2.75, 3.05) is 18.5 Å². The fraction of sp³-hybridized carbons (Fsp3) is 0.487. The highest BCUT2D eigenvalue weighted by Gasteiger charge is 2.42. The van der Waals surface area contributed by atoms with Gasteiger partial charge in [0.15, 0.2) is 5.82 Å². The first-order chi connectivity index (χ1) is 23.4. The molecule has 0 radical (unpaired) electrons. The first-order valence-corrected chi connectivity index (χ1v) is 19.6. The van der Waals surface area contributed by atoms with Gasteiger partial charge in [0.1, 0.15) is 36.5 Å². The predicted octanol–water partition coefficient (Wildman–Crippen LogP) is 9.67. The Morgan fingerprint density at radius 2 is 1.68 bits per heavy atom. The van der Waals surface area contributed by atoms with Gasteiger partial charge in [-0.15, -0.1) is 5.54 Å². The molecule has 1 aliphatic heterocycles. The number of carbonyl (C=O) groups excluding carboxylic acids is 1. The zero-order valence-electron chi connectivity index (χ0n) is 31.0. The van der Waals surface area contributed by atoms with Crippen molar-refractivity contribution in [2.45, 2.75) is 110 Å². The summed E-state index contributed by atoms with van der Waals surface area (Å²) in [6.07, 6.45) is 0.469. The summed E-state index contributed by atoms with van der Waals surface area (Å²) in [6.45, 7) is 20.9. The third kappa shape index (κ3) is 6.66. The molecule has 0 saturated carbocycles. The van der Waals surface area contributed by atoms with Crippen LogP contribution in [-0.4, -0.2) is 65.3 Å². The third-order valence-electron chi connectivity index (χ3n) is 10.3. The molecule has 1 aliphatic rings. The molecule has 3 heterocycles. The minimum absolute atomic E-state index is 0.0890. The molecule has 0 bridgehead atoms. The average molecular weight is 704 g/mol. The largest absolute Gasteiger partial charge is 0.444 e. The minimum Gasteiger partial charge on any atom is -0.444 e. The molecule has 1 amide bonds. The lowest BCUT2D eigenvalue weighted by atomic mass is 9.96. The maximum atomic E-state index is 16.7. The zero-order chi connectivity index (χ0) is 36.9. The summed E-state index contributed by atoms with van der Waals surface area (Å²) >= 11 is 0. The fourth-order valence-corrected chi connectivity index (χ4v) is 13.1. The van der Waals surface area contributed by atoms with E-state index in [4.69, 9.17) is 4.74 Å². The molecule has 50 heavy (non-hydrogen) atoms. The van der Waals surface area contributed by atoms with E-state index in [0.717, 1.165) is 0 Å². The third-order valence-corrected chi connectivity index (χ3v) is 16.6. The summed E-state index contributed by atoms with van der Waals surface area (Å²) in [5.74, 6) is 2.06. The van der Waals surface area contributed by atoms with E-state index in [-0.39, 0.29) is 40.1 Å². The fourth-order valence-electron chi connectivity index (χ4n) is 7.93. The predicted molar refractivity (Wildman–Crippen MR) is 197 cm³/mol. The quantitative estimate of drug-likeness (QED) is 0.113. The van der Waals surface area contributed by atoms with E-state index in [1.54, 1.807) is 35.0 Å². The van der Waals surface area contributed by atoms with Crippen LogP contribution >= 0.6 is 0 Å². The van der Waals surface area contributed by atoms with Crippen LogP contribution < -0.4 is 4.90 Å². The number of nitrogens with zero attached hydrogens (tertiary/aromatic N) is 5. The second-order valence-electron chi connectivity index (χ2n) is 15.4. The summed E-state index contributed by atoms with van der Waals surface area (Å²) in [4.78, 5) is 28.8. The topological polar surface area (TPSA) is 71.5 Å². The summed E-state index contributed by atoms with van der Waals surface area (Å²) in [6, 6.07) is 7.75. The van der Waals surface area contributed by atoms with E-state index in [1.165, 1.54) is 12.3 Å². The van der Waals surface area contributed by atoms with Crippen LogP contribution in [0, 0.1) is 29.2 Å². The number of likely N-dealkylation sites (N-methyl/N-ethyl adjacent to an activating group) is 1. The van der Waals surface area contributed by atoms with E-state index in [2.05, 4.69) is 68.0 Å². The Morgan fingerprint density at radius 1 is 1.02 bits per heavy atom. The van der Waals surface area contributed by atoms with Crippen LogP contribution in [0.1, 0.15) is 81.2 Å². The van der Waals surface area contributed by atoms with Crippen LogP contribution in [0.5, 0.6) is 0 Å². The summed E-state index contributed by atoms with van der Waals surface area (Å²) in [5.41, 5.74) is 4.15. The summed E-state index contributed by atoms with van der Waals surface area (Å²) in [5, 5.41) is 1.34. The first-order valence-electron chi connectivity index (χ1n) is 17.4. The molecule has 0 unspecified atom stereocenters. The van der Waals surface area contributed by atoms with Crippen molar-refractivity contribution in [2.24, 2.45) is 0 Å². The van der Waals surface area contributed by atoms with Gasteiger partial charge in [0.05, 0.1) is 23.0 Å². The number of ether oxygens (including phenoxy) is 1. The molecule has 0 aliphatic carbocycles. The number of hydrogen-bond acceptors (Lipinski definition) is 6. The van der Waals surface area contributed by atoms with Crippen LogP contribution in [0.15, 0.2) is 36.5 Å². The van der Waals surface area contributed by atoms with Crippen molar-refractivity contribution >= 4 is 41.7 Å². The van der Waals surface area contributed by atoms with Gasteiger partial charge in [-0.1, -0.05) is 71.7 Å². The number of aromatic nitrogens is 3. The maximum absolute atomic E-state index is 16.7. The molecule has 0 N–H and O–H groups in total. The van der Waals surface area contributed by atoms with Crippen LogP contribution in [-0.2, 0) is 4.74 Å². The Hall–Kier alpha value is -4.17. The number of rotatable bonds is 6. The minimum atomic E-state index is -2.24. The van der Waals surface area contributed by atoms with E-state index < -0.39 is 37.5 Å². The van der Waals surface area contributed by atoms with Gasteiger partial charge < -0.3 is 14.5 Å². The smallest absolute Gasteiger partial charge is 0.410 e. The molecule has 0 spiro atoms. The number of benzene rings is 2. The van der Waals surface area contributed by atoms with Gasteiger partial charge in [-0.3, -0.25) is 4.98 Å². The maximum Gasteiger partial charge on any atom is 0.410 e. The molecular formula is C39H48F3N5O2Si. The molecule has 5 rings (SSSR count). The molecular weight excluding hydrogens is 656 g/mol. The number of carbonyl (C=O) groups is 1. The Morgan fingerprint density at radius 3 is 2.30 bits per heavy atom. The van der Waals surface area contributed by atoms with Gasteiger partial charge >= 0.3 is 12.2 Å². The standard InChI is InChI=1S/C39H48F3N5O2Si/c1-22(2)50(23(3)4,24(5)6)20-18-27-30(40)16-15-26-13-12-14-28(32(26)27)34-33(41)35-29(21-43-34)36(45-37(42)44-35)46(11)31-17-19-47(25(31)7)38(48)49-39(8,9)10/h12-16,21-25,31H,17,19H2,1-11H3/t25-,31-/m1/s1. The molecule has 1 saturated heterocycles. The molecule has 2 aromatic carbocycles. The highest BCUT2D eigenvalue weighted by Crippen LogP contribution is 2.42. The van der Waals surface area contributed by atoms with Gasteiger partial charge in [-0.05, 0) is 62.2 Å². The molecule has 11 heteroatoms. The molecule has 1 fully saturated rings. The molecule has 266 valence electrons. The van der Waals surface area contributed by atoms with Gasteiger partial charge in [0.2, 0.25) is 0 Å².